The molecular formula is C15H24O2Si. The Bertz CT molecular complexity index is 371. The van der Waals surface area contributed by atoms with Gasteiger partial charge in [0, 0.05) is 12.7 Å². The van der Waals surface area contributed by atoms with Crippen molar-refractivity contribution in [2.24, 2.45) is 0 Å². The number of rotatable bonds is 8. The van der Waals surface area contributed by atoms with Crippen LogP contribution in [-0.4, -0.2) is 15.2 Å². The fourth-order valence-electron chi connectivity index (χ4n) is 2.07. The monoisotopic (exact) mass is 264 g/mol. The molecule has 0 bridgehead atoms. The van der Waals surface area contributed by atoms with Crippen molar-refractivity contribution in [3.63, 3.8) is 0 Å². The molecule has 18 heavy (non-hydrogen) atoms. The molecule has 1 aromatic carbocycles. The van der Waals surface area contributed by atoms with Crippen molar-refractivity contribution in [2.75, 3.05) is 6.61 Å². The van der Waals surface area contributed by atoms with E-state index in [9.17, 15) is 0 Å². The Hall–Kier alpha value is -1.06. The van der Waals surface area contributed by atoms with Crippen LogP contribution >= 0.6 is 0 Å². The van der Waals surface area contributed by atoms with Crippen LogP contribution in [0.1, 0.15) is 32.8 Å². The molecular weight excluding hydrogens is 240 g/mol. The van der Waals surface area contributed by atoms with Crippen molar-refractivity contribution in [1.82, 2.24) is 0 Å². The van der Waals surface area contributed by atoms with E-state index in [1.807, 2.05) is 37.3 Å². The number of hydrogen-bond donors (Lipinski definition) is 0. The molecule has 1 aromatic rings. The van der Waals surface area contributed by atoms with Gasteiger partial charge in [-0.1, -0.05) is 45.1 Å². The van der Waals surface area contributed by atoms with E-state index in [2.05, 4.69) is 20.4 Å². The third kappa shape index (κ3) is 4.00. The number of hydrogen-bond acceptors (Lipinski definition) is 2. The highest BCUT2D eigenvalue weighted by Crippen LogP contribution is 2.25. The molecule has 0 radical (unpaired) electrons. The molecule has 0 aromatic heterocycles. The van der Waals surface area contributed by atoms with Gasteiger partial charge < -0.3 is 8.85 Å². The highest BCUT2D eigenvalue weighted by atomic mass is 28.4. The molecule has 0 spiro atoms. The summed E-state index contributed by atoms with van der Waals surface area (Å²) < 4.78 is 12.2. The van der Waals surface area contributed by atoms with E-state index in [1.165, 1.54) is 0 Å². The lowest BCUT2D eigenvalue weighted by Crippen LogP contribution is -2.44. The predicted octanol–water partition coefficient (Wildman–Crippen LogP) is 4.62. The minimum absolute atomic E-state index is 0.723. The molecule has 0 aliphatic heterocycles. The maximum atomic E-state index is 6.24. The molecule has 0 N–H and O–H groups in total. The standard InChI is InChI=1S/C15H24O2Si/c1-5-12-18(8-4,16-7-3)17-15-11-9-10-14(6-2)13-15/h6,9-11,13H,2,5,7-8,12H2,1,3-4H3. The molecule has 0 saturated carbocycles. The Morgan fingerprint density at radius 2 is 2.06 bits per heavy atom. The van der Waals surface area contributed by atoms with Crippen molar-refractivity contribution in [3.8, 4) is 5.75 Å². The molecule has 0 fully saturated rings. The lowest BCUT2D eigenvalue weighted by Gasteiger charge is -2.29. The second-order valence-electron chi connectivity index (χ2n) is 4.33. The molecule has 0 aliphatic carbocycles. The molecule has 3 heteroatoms. The molecule has 0 heterocycles. The average Bonchev–Trinajstić information content (AvgIpc) is 2.39. The third-order valence-electron chi connectivity index (χ3n) is 2.97. The summed E-state index contributed by atoms with van der Waals surface area (Å²) >= 11 is 0. The van der Waals surface area contributed by atoms with E-state index in [0.29, 0.717) is 0 Å². The predicted molar refractivity (Wildman–Crippen MR) is 80.1 cm³/mol. The average molecular weight is 264 g/mol. The van der Waals surface area contributed by atoms with Gasteiger partial charge in [-0.2, -0.15) is 0 Å². The van der Waals surface area contributed by atoms with Gasteiger partial charge in [0.25, 0.3) is 0 Å². The van der Waals surface area contributed by atoms with Crippen LogP contribution in [0, 0.1) is 0 Å². The molecule has 0 aliphatic rings. The summed E-state index contributed by atoms with van der Waals surface area (Å²) in [5.74, 6) is 0.905. The topological polar surface area (TPSA) is 18.5 Å². The van der Waals surface area contributed by atoms with E-state index in [-0.39, 0.29) is 0 Å². The van der Waals surface area contributed by atoms with Gasteiger partial charge in [-0.05, 0) is 30.7 Å². The largest absolute Gasteiger partial charge is 0.520 e. The maximum absolute atomic E-state index is 6.24. The normalized spacial score (nSPS) is 13.9. The van der Waals surface area contributed by atoms with Gasteiger partial charge in [0.2, 0.25) is 0 Å². The van der Waals surface area contributed by atoms with Crippen LogP contribution in [0.25, 0.3) is 6.08 Å². The Morgan fingerprint density at radius 3 is 2.61 bits per heavy atom. The van der Waals surface area contributed by atoms with Crippen molar-refractivity contribution in [1.29, 1.82) is 0 Å². The van der Waals surface area contributed by atoms with E-state index in [0.717, 1.165) is 36.4 Å². The first-order valence-electron chi connectivity index (χ1n) is 6.75. The number of benzene rings is 1. The summed E-state index contributed by atoms with van der Waals surface area (Å²) in [6, 6.07) is 10.1. The second kappa shape index (κ2) is 7.39. The van der Waals surface area contributed by atoms with Crippen LogP contribution in [0.4, 0.5) is 0 Å². The van der Waals surface area contributed by atoms with Crippen molar-refractivity contribution in [3.05, 3.63) is 36.4 Å². The van der Waals surface area contributed by atoms with Gasteiger partial charge in [0.15, 0.2) is 0 Å². The van der Waals surface area contributed by atoms with Gasteiger partial charge >= 0.3 is 8.56 Å². The van der Waals surface area contributed by atoms with Crippen LogP contribution in [0.15, 0.2) is 30.8 Å². The van der Waals surface area contributed by atoms with E-state index >= 15 is 0 Å². The summed E-state index contributed by atoms with van der Waals surface area (Å²) in [6.45, 7) is 10.9. The lowest BCUT2D eigenvalue weighted by molar-refractivity contribution is 0.250. The van der Waals surface area contributed by atoms with E-state index in [1.54, 1.807) is 0 Å². The Morgan fingerprint density at radius 1 is 1.28 bits per heavy atom. The van der Waals surface area contributed by atoms with Gasteiger partial charge in [-0.15, -0.1) is 0 Å². The maximum Gasteiger partial charge on any atom is 0.398 e. The van der Waals surface area contributed by atoms with Gasteiger partial charge in [-0.3, -0.25) is 0 Å². The highest BCUT2D eigenvalue weighted by molar-refractivity contribution is 6.68. The Labute approximate surface area is 112 Å². The summed E-state index contributed by atoms with van der Waals surface area (Å²) in [5, 5.41) is 0. The molecule has 1 rings (SSSR count). The van der Waals surface area contributed by atoms with Crippen molar-refractivity contribution >= 4 is 14.6 Å². The first-order valence-corrected chi connectivity index (χ1v) is 8.98. The minimum atomic E-state index is -2.08. The third-order valence-corrected chi connectivity index (χ3v) is 6.74. The smallest absolute Gasteiger partial charge is 0.398 e. The summed E-state index contributed by atoms with van der Waals surface area (Å²) in [4.78, 5) is 0. The molecule has 2 nitrogen and oxygen atoms in total. The van der Waals surface area contributed by atoms with Crippen molar-refractivity contribution < 1.29 is 8.85 Å². The van der Waals surface area contributed by atoms with Crippen molar-refractivity contribution in [2.45, 2.75) is 39.3 Å². The van der Waals surface area contributed by atoms with Crippen LogP contribution in [0.5, 0.6) is 5.75 Å². The summed E-state index contributed by atoms with van der Waals surface area (Å²) in [7, 11) is -2.08. The Kier molecular flexibility index (Phi) is 6.16. The fourth-order valence-corrected chi connectivity index (χ4v) is 4.92. The molecule has 1 atom stereocenters. The zero-order valence-corrected chi connectivity index (χ0v) is 12.7. The lowest BCUT2D eigenvalue weighted by atomic mass is 10.2. The van der Waals surface area contributed by atoms with Crippen LogP contribution in [0.2, 0.25) is 12.1 Å². The summed E-state index contributed by atoms with van der Waals surface area (Å²) in [6.07, 6.45) is 2.93. The van der Waals surface area contributed by atoms with Gasteiger partial charge in [0.1, 0.15) is 5.75 Å². The van der Waals surface area contributed by atoms with E-state index < -0.39 is 8.56 Å². The van der Waals surface area contributed by atoms with Gasteiger partial charge in [-0.25, -0.2) is 0 Å². The summed E-state index contributed by atoms with van der Waals surface area (Å²) in [5.41, 5.74) is 1.08. The zero-order valence-electron chi connectivity index (χ0n) is 11.7. The molecule has 1 unspecified atom stereocenters. The SMILES string of the molecule is C=Cc1cccc(O[Si](CC)(CCC)OCC)c1. The first-order chi connectivity index (χ1) is 8.69. The first kappa shape index (κ1) is 15.0. The molecule has 0 saturated heterocycles. The quantitative estimate of drug-likeness (QED) is 0.638. The minimum Gasteiger partial charge on any atom is -0.520 e. The fraction of sp³-hybridized carbons (Fsp3) is 0.467. The Balaban J connectivity index is 2.89. The zero-order chi connectivity index (χ0) is 13.4. The second-order valence-corrected chi connectivity index (χ2v) is 7.85. The van der Waals surface area contributed by atoms with Crippen LogP contribution in [0.3, 0.4) is 0 Å². The molecule has 100 valence electrons. The van der Waals surface area contributed by atoms with Gasteiger partial charge in [0.05, 0.1) is 0 Å². The van der Waals surface area contributed by atoms with Crippen LogP contribution in [-0.2, 0) is 4.43 Å². The van der Waals surface area contributed by atoms with Crippen LogP contribution < -0.4 is 4.43 Å². The van der Waals surface area contributed by atoms with E-state index in [4.69, 9.17) is 8.85 Å². The highest BCUT2D eigenvalue weighted by Gasteiger charge is 2.36. The molecule has 0 amide bonds.